The molecule has 3 aliphatic rings. The number of aliphatic carboxylic acids is 3. The minimum Gasteiger partial charge on any atom is -0.480 e. The summed E-state index contributed by atoms with van der Waals surface area (Å²) in [5.41, 5.74) is 8.42. The van der Waals surface area contributed by atoms with E-state index in [0.717, 1.165) is 12.8 Å². The van der Waals surface area contributed by atoms with E-state index in [0.29, 0.717) is 28.1 Å². The number of amides is 11. The Morgan fingerprint density at radius 1 is 0.531 bits per heavy atom. The van der Waals surface area contributed by atoms with Gasteiger partial charge < -0.3 is 89.3 Å². The van der Waals surface area contributed by atoms with Crippen LogP contribution in [0.4, 0.5) is 5.69 Å². The first kappa shape index (κ1) is 90.9. The molecule has 618 valence electrons. The molecular weight excluding hydrogens is 1460 g/mol. The second kappa shape index (κ2) is 46.8. The lowest BCUT2D eigenvalue weighted by atomic mass is 9.87. The highest BCUT2D eigenvalue weighted by molar-refractivity contribution is 5.98. The van der Waals surface area contributed by atoms with Gasteiger partial charge in [0.1, 0.15) is 49.5 Å². The molecule has 113 heavy (non-hydrogen) atoms. The maximum Gasteiger partial charge on any atom is 0.317 e. The second-order valence-electron chi connectivity index (χ2n) is 29.7. The molecule has 1 fully saturated rings. The highest BCUT2D eigenvalue weighted by Gasteiger charge is 2.37. The number of allylic oxidation sites excluding steroid dienone is 2. The number of carbonyl (C=O) groups is 14. The summed E-state index contributed by atoms with van der Waals surface area (Å²) in [4.78, 5) is 200. The zero-order valence-corrected chi connectivity index (χ0v) is 65.2. The summed E-state index contributed by atoms with van der Waals surface area (Å²) < 4.78 is 5.48. The summed E-state index contributed by atoms with van der Waals surface area (Å²) in [6.45, 7) is 11.9. The molecule has 17 N–H and O–H groups in total. The summed E-state index contributed by atoms with van der Waals surface area (Å²) in [5.74, 6) is -11.5. The minimum absolute atomic E-state index is 0.0777. The highest BCUT2D eigenvalue weighted by Crippen LogP contribution is 2.30. The first-order valence-electron chi connectivity index (χ1n) is 38.0. The number of ether oxygens (including phenoxy) is 1. The van der Waals surface area contributed by atoms with Gasteiger partial charge in [-0.2, -0.15) is 0 Å². The maximum atomic E-state index is 14.7. The lowest BCUT2D eigenvalue weighted by Gasteiger charge is -2.32. The van der Waals surface area contributed by atoms with Crippen LogP contribution in [-0.4, -0.2) is 274 Å². The van der Waals surface area contributed by atoms with Gasteiger partial charge in [-0.1, -0.05) is 108 Å². The Morgan fingerprint density at radius 3 is 1.61 bits per heavy atom. The van der Waals surface area contributed by atoms with Crippen LogP contribution in [-0.2, 0) is 91.2 Å². The van der Waals surface area contributed by atoms with Gasteiger partial charge in [0.2, 0.25) is 65.0 Å². The molecule has 11 amide bonds. The number of H-pyrrole nitrogens is 1. The molecule has 36 heteroatoms. The quantitative estimate of drug-likeness (QED) is 0.0305. The second-order valence-corrected chi connectivity index (χ2v) is 29.7. The highest BCUT2D eigenvalue weighted by atomic mass is 16.5. The molecule has 2 aromatic carbocycles. The normalized spacial score (nSPS) is 17.2. The van der Waals surface area contributed by atoms with Crippen molar-refractivity contribution in [3.63, 3.8) is 0 Å². The van der Waals surface area contributed by atoms with Gasteiger partial charge in [-0.3, -0.25) is 86.7 Å². The van der Waals surface area contributed by atoms with E-state index < -0.39 is 145 Å². The summed E-state index contributed by atoms with van der Waals surface area (Å²) in [5, 5.41) is 59.0. The lowest BCUT2D eigenvalue weighted by Crippen LogP contribution is -2.59. The van der Waals surface area contributed by atoms with Crippen LogP contribution in [0.15, 0.2) is 103 Å². The van der Waals surface area contributed by atoms with E-state index in [1.165, 1.54) is 19.4 Å². The predicted octanol–water partition coefficient (Wildman–Crippen LogP) is -1.53. The number of nitrogens with zero attached hydrogens (tertiary/aromatic N) is 5. The Balaban J connectivity index is 1.05. The molecule has 2 aliphatic heterocycles. The van der Waals surface area contributed by atoms with Crippen molar-refractivity contribution in [3.8, 4) is 0 Å². The number of nitrogens with two attached hydrogens (primary N) is 1. The van der Waals surface area contributed by atoms with Crippen LogP contribution in [0, 0.1) is 23.7 Å². The molecule has 8 atom stereocenters. The third-order valence-electron chi connectivity index (χ3n) is 18.8. The number of aromatic amines is 1. The zero-order valence-electron chi connectivity index (χ0n) is 65.2. The van der Waals surface area contributed by atoms with Crippen molar-refractivity contribution in [1.29, 1.82) is 0 Å². The smallest absolute Gasteiger partial charge is 0.317 e. The van der Waals surface area contributed by atoms with Crippen molar-refractivity contribution in [1.82, 2.24) is 82.7 Å². The Morgan fingerprint density at radius 2 is 1.05 bits per heavy atom. The number of carbonyl (C=O) groups excluding carboxylic acids is 11. The molecule has 0 saturated carbocycles. The fourth-order valence-corrected chi connectivity index (χ4v) is 13.0. The predicted molar refractivity (Wildman–Crippen MR) is 415 cm³/mol. The fraction of sp³-hybridized carbons (Fsp3) is 0.545. The number of carboxylic acids is 3. The van der Waals surface area contributed by atoms with E-state index in [9.17, 15) is 82.4 Å². The average molecular weight is 1580 g/mol. The van der Waals surface area contributed by atoms with Crippen molar-refractivity contribution in [2.45, 2.75) is 148 Å². The van der Waals surface area contributed by atoms with Crippen LogP contribution in [0.25, 0.3) is 0 Å². The molecule has 1 aliphatic carbocycles. The van der Waals surface area contributed by atoms with E-state index in [2.05, 4.69) is 96.1 Å². The third kappa shape index (κ3) is 33.9. The van der Waals surface area contributed by atoms with Crippen LogP contribution >= 0.6 is 0 Å². The van der Waals surface area contributed by atoms with Crippen LogP contribution < -0.4 is 64.2 Å². The third-order valence-corrected chi connectivity index (χ3v) is 18.8. The molecule has 3 heterocycles. The van der Waals surface area contributed by atoms with Crippen molar-refractivity contribution in [2.75, 3.05) is 104 Å². The molecule has 1 saturated heterocycles. The molecule has 2 unspecified atom stereocenters. The van der Waals surface area contributed by atoms with Crippen LogP contribution in [0.3, 0.4) is 0 Å². The number of nitrogens with one attached hydrogen (secondary N) is 12. The van der Waals surface area contributed by atoms with Gasteiger partial charge in [0.25, 0.3) is 0 Å². The topological polar surface area (TPSA) is 509 Å². The minimum atomic E-state index is -1.56. The summed E-state index contributed by atoms with van der Waals surface area (Å²) >= 11 is 0. The van der Waals surface area contributed by atoms with Gasteiger partial charge >= 0.3 is 17.9 Å². The zero-order chi connectivity index (χ0) is 82.7. The van der Waals surface area contributed by atoms with E-state index in [-0.39, 0.29) is 147 Å². The number of hydrogen-bond acceptors (Lipinski definition) is 21. The first-order chi connectivity index (χ1) is 53.7. The van der Waals surface area contributed by atoms with Crippen LogP contribution in [0.1, 0.15) is 97.4 Å². The summed E-state index contributed by atoms with van der Waals surface area (Å²) in [7, 11) is 0. The molecule has 36 nitrogen and oxygen atoms in total. The SMILES string of the molecule is CC(C)CC(CC(C)C)NC(=O)[C@H](Cc1cnc[nH]1)NC(=O)CNC(=O)[C@@H](NC(=O)[C@@H](C)NC(=O)[C@H](CC1=CNC2C=CC=CC12)NC(=O)[C@@H](CCC(N)=O)NC(=O)[C@H](Cc1ccccc1)NC(=O)COCC(=O)Nc1ccc(CNC(=O)CN2CCN(CC(=O)O)CCN(CC(=O)O)CCN(CC(=O)O)CC2)cc1)C(C)C. The van der Waals surface area contributed by atoms with Crippen molar-refractivity contribution >= 4 is 88.6 Å². The fourth-order valence-electron chi connectivity index (χ4n) is 13.0. The van der Waals surface area contributed by atoms with Gasteiger partial charge in [0.15, 0.2) is 0 Å². The number of primary amides is 1. The number of anilines is 1. The monoisotopic (exact) mass is 1580 g/mol. The van der Waals surface area contributed by atoms with Gasteiger partial charge in [0.05, 0.1) is 45.1 Å². The van der Waals surface area contributed by atoms with E-state index in [1.807, 2.05) is 24.3 Å². The van der Waals surface area contributed by atoms with Gasteiger partial charge in [0, 0.05) is 108 Å². The Bertz CT molecular complexity index is 3760. The molecule has 0 radical (unpaired) electrons. The molecule has 0 bridgehead atoms. The number of hydrogen-bond donors (Lipinski definition) is 16. The molecule has 3 aromatic rings. The maximum absolute atomic E-state index is 14.7. The standard InChI is InChI=1S/C77H112N18O18/c1-47(2)31-55(32-48(3)4)86-75(110)62(35-56-38-79-46-83-56)87-64(97)39-82-77(112)71(49(5)6)91-72(107)50(7)84-74(109)61(34-53-37-80-58-16-12-11-15-57(53)58)90-73(108)59(21-22-63(78)96)89-76(111)60(33-51-13-9-8-10-14-51)88-67(100)45-113-44-66(99)85-54-19-17-52(18-20-54)36-81-65(98)40-92-23-25-93(41-68(101)102)27-29-95(43-70(105)106)30-28-94(26-24-92)42-69(103)104/h8-20,37-38,46-50,55,57-62,71,80H,21-36,39-45H2,1-7H3,(H2,78,96)(H,79,83)(H,81,98)(H,82,112)(H,84,109)(H,85,99)(H,86,110)(H,87,97)(H,88,100)(H,89,111)(H,90,108)(H,91,107)(H,101,102)(H,103,104)(H,105,106)/t50-,57?,58?,59-,60+,61+,62+,71+/m1/s1. The molecular formula is C77H112N18O18. The average Bonchev–Trinajstić information content (AvgIpc) is 1.70. The Hall–Kier alpha value is -10.9. The summed E-state index contributed by atoms with van der Waals surface area (Å²) in [6.07, 6.45) is 12.7. The van der Waals surface area contributed by atoms with E-state index >= 15 is 0 Å². The van der Waals surface area contributed by atoms with Crippen LogP contribution in [0.2, 0.25) is 0 Å². The molecule has 0 spiro atoms. The first-order valence-corrected chi connectivity index (χ1v) is 38.0. The van der Waals surface area contributed by atoms with Gasteiger partial charge in [-0.05, 0) is 85.4 Å². The molecule has 6 rings (SSSR count). The van der Waals surface area contributed by atoms with Crippen molar-refractivity contribution in [2.24, 2.45) is 29.4 Å². The summed E-state index contributed by atoms with van der Waals surface area (Å²) in [6, 6.07) is 6.63. The van der Waals surface area contributed by atoms with Crippen molar-refractivity contribution in [3.05, 3.63) is 120 Å². The largest absolute Gasteiger partial charge is 0.480 e. The van der Waals surface area contributed by atoms with Crippen molar-refractivity contribution < 1.29 is 87.2 Å². The Labute approximate surface area is 657 Å². The number of imidazole rings is 1. The molecule has 1 aromatic heterocycles. The van der Waals surface area contributed by atoms with E-state index in [4.69, 9.17) is 10.5 Å². The van der Waals surface area contributed by atoms with Gasteiger partial charge in [-0.15, -0.1) is 0 Å². The van der Waals surface area contributed by atoms with E-state index in [1.54, 1.807) is 94.2 Å². The lowest BCUT2D eigenvalue weighted by molar-refractivity contribution is -0.140. The number of benzene rings is 2. The van der Waals surface area contributed by atoms with Gasteiger partial charge in [-0.25, -0.2) is 4.98 Å². The Kier molecular flexibility index (Phi) is 37.6. The number of fused-ring (bicyclic) bond motifs is 1. The van der Waals surface area contributed by atoms with Crippen LogP contribution in [0.5, 0.6) is 0 Å². The number of rotatable bonds is 44. The number of carboxylic acid groups (broad SMARTS) is 3. The number of aromatic nitrogens is 2.